The van der Waals surface area contributed by atoms with Gasteiger partial charge in [-0.05, 0) is 63.6 Å². The lowest BCUT2D eigenvalue weighted by Gasteiger charge is -2.14. The van der Waals surface area contributed by atoms with E-state index in [0.717, 1.165) is 17.8 Å². The molecule has 2 rings (SSSR count). The largest absolute Gasteiger partial charge is 0.354 e. The molecule has 114 valence electrons. The van der Waals surface area contributed by atoms with Gasteiger partial charge in [-0.15, -0.1) is 11.3 Å². The topological polar surface area (TPSA) is 46.9 Å². The molecule has 0 spiro atoms. The summed E-state index contributed by atoms with van der Waals surface area (Å²) in [5.41, 5.74) is 4.63. The Balaban J connectivity index is 1.90. The van der Waals surface area contributed by atoms with Crippen molar-refractivity contribution in [3.63, 3.8) is 0 Å². The molecular formula is C16H23N3OS. The summed E-state index contributed by atoms with van der Waals surface area (Å²) in [5, 5.41) is 9.56. The number of nitrogens with zero attached hydrogens (tertiary/aromatic N) is 2. The Kier molecular flexibility index (Phi) is 4.83. The maximum absolute atomic E-state index is 12.2. The Morgan fingerprint density at radius 3 is 2.62 bits per heavy atom. The van der Waals surface area contributed by atoms with Crippen LogP contribution in [0.4, 0.5) is 0 Å². The minimum atomic E-state index is -0.274. The van der Waals surface area contributed by atoms with Crippen molar-refractivity contribution in [1.82, 2.24) is 15.1 Å². The highest BCUT2D eigenvalue weighted by Crippen LogP contribution is 2.20. The predicted molar refractivity (Wildman–Crippen MR) is 86.9 cm³/mol. The molecule has 0 fully saturated rings. The van der Waals surface area contributed by atoms with Gasteiger partial charge in [-0.25, -0.2) is 0 Å². The average Bonchev–Trinajstić information content (AvgIpc) is 2.93. The van der Waals surface area contributed by atoms with E-state index in [1.165, 1.54) is 16.0 Å². The molecule has 0 unspecified atom stereocenters. The zero-order valence-electron chi connectivity index (χ0n) is 13.4. The highest BCUT2D eigenvalue weighted by Gasteiger charge is 2.17. The van der Waals surface area contributed by atoms with E-state index in [9.17, 15) is 4.79 Å². The maximum atomic E-state index is 12.2. The van der Waals surface area contributed by atoms with E-state index in [-0.39, 0.29) is 11.9 Å². The predicted octanol–water partition coefficient (Wildman–Crippen LogP) is 3.10. The lowest BCUT2D eigenvalue weighted by molar-refractivity contribution is -0.124. The van der Waals surface area contributed by atoms with Crippen molar-refractivity contribution in [2.24, 2.45) is 0 Å². The summed E-state index contributed by atoms with van der Waals surface area (Å²) in [4.78, 5) is 13.6. The summed E-state index contributed by atoms with van der Waals surface area (Å²) in [6.45, 7) is 10.7. The molecule has 1 atom stereocenters. The molecule has 1 N–H and O–H groups in total. The lowest BCUT2D eigenvalue weighted by atomic mass is 10.1. The maximum Gasteiger partial charge on any atom is 0.244 e. The van der Waals surface area contributed by atoms with Crippen LogP contribution < -0.4 is 5.32 Å². The van der Waals surface area contributed by atoms with E-state index in [0.29, 0.717) is 6.54 Å². The molecule has 2 aromatic heterocycles. The molecule has 1 amide bonds. The van der Waals surface area contributed by atoms with Crippen molar-refractivity contribution in [2.75, 3.05) is 6.54 Å². The number of aryl methyl sites for hydroxylation is 3. The fourth-order valence-electron chi connectivity index (χ4n) is 2.43. The minimum absolute atomic E-state index is 0.0193. The third kappa shape index (κ3) is 3.53. The number of amides is 1. The molecule has 0 saturated heterocycles. The highest BCUT2D eigenvalue weighted by atomic mass is 32.1. The van der Waals surface area contributed by atoms with Crippen LogP contribution in [0.25, 0.3) is 0 Å². The molecule has 0 aromatic carbocycles. The van der Waals surface area contributed by atoms with Crippen LogP contribution in [0.1, 0.15) is 40.4 Å². The van der Waals surface area contributed by atoms with Gasteiger partial charge in [0.2, 0.25) is 5.91 Å². The molecule has 0 aliphatic heterocycles. The molecule has 21 heavy (non-hydrogen) atoms. The fraction of sp³-hybridized carbons (Fsp3) is 0.500. The summed E-state index contributed by atoms with van der Waals surface area (Å²) in [6.07, 6.45) is 0.881. The van der Waals surface area contributed by atoms with Gasteiger partial charge >= 0.3 is 0 Å². The van der Waals surface area contributed by atoms with Gasteiger partial charge < -0.3 is 5.32 Å². The molecule has 5 heteroatoms. The summed E-state index contributed by atoms with van der Waals surface area (Å²) in [5.74, 6) is 0.0193. The van der Waals surface area contributed by atoms with Crippen molar-refractivity contribution in [1.29, 1.82) is 0 Å². The van der Waals surface area contributed by atoms with Crippen LogP contribution in [0, 0.1) is 27.7 Å². The number of hydrogen-bond donors (Lipinski definition) is 1. The van der Waals surface area contributed by atoms with Gasteiger partial charge in [0.1, 0.15) is 6.04 Å². The van der Waals surface area contributed by atoms with E-state index in [1.807, 2.05) is 26.8 Å². The smallest absolute Gasteiger partial charge is 0.244 e. The number of aromatic nitrogens is 2. The Bertz CT molecular complexity index is 642. The lowest BCUT2D eigenvalue weighted by Crippen LogP contribution is -2.33. The van der Waals surface area contributed by atoms with Gasteiger partial charge in [0.25, 0.3) is 0 Å². The first kappa shape index (κ1) is 15.8. The van der Waals surface area contributed by atoms with Crippen molar-refractivity contribution in [3.8, 4) is 0 Å². The van der Waals surface area contributed by atoms with Crippen molar-refractivity contribution < 1.29 is 4.79 Å². The summed E-state index contributed by atoms with van der Waals surface area (Å²) in [6, 6.07) is 1.71. The van der Waals surface area contributed by atoms with Gasteiger partial charge in [0.15, 0.2) is 0 Å². The number of carbonyl (C=O) groups is 1. The van der Waals surface area contributed by atoms with Gasteiger partial charge in [0, 0.05) is 17.1 Å². The second-order valence-corrected chi connectivity index (χ2v) is 6.61. The number of thiophene rings is 1. The van der Waals surface area contributed by atoms with Crippen LogP contribution >= 0.6 is 11.3 Å². The molecule has 0 bridgehead atoms. The number of rotatable bonds is 5. The van der Waals surface area contributed by atoms with E-state index in [4.69, 9.17) is 0 Å². The third-order valence-electron chi connectivity index (χ3n) is 3.87. The highest BCUT2D eigenvalue weighted by molar-refractivity contribution is 7.10. The minimum Gasteiger partial charge on any atom is -0.354 e. The Labute approximate surface area is 130 Å². The van der Waals surface area contributed by atoms with Gasteiger partial charge in [-0.2, -0.15) is 5.10 Å². The molecule has 2 heterocycles. The second kappa shape index (κ2) is 6.43. The monoisotopic (exact) mass is 305 g/mol. The summed E-state index contributed by atoms with van der Waals surface area (Å²) < 4.78 is 1.78. The van der Waals surface area contributed by atoms with Crippen LogP contribution in [0.5, 0.6) is 0 Å². The normalized spacial score (nSPS) is 12.4. The molecule has 2 aromatic rings. The number of nitrogens with one attached hydrogen (secondary N) is 1. The van der Waals surface area contributed by atoms with E-state index in [1.54, 1.807) is 16.0 Å². The van der Waals surface area contributed by atoms with Crippen molar-refractivity contribution in [3.05, 3.63) is 38.8 Å². The summed E-state index contributed by atoms with van der Waals surface area (Å²) >= 11 is 1.77. The molecule has 0 aliphatic rings. The van der Waals surface area contributed by atoms with E-state index >= 15 is 0 Å². The Morgan fingerprint density at radius 2 is 2.10 bits per heavy atom. The second-order valence-electron chi connectivity index (χ2n) is 5.53. The first-order valence-electron chi connectivity index (χ1n) is 7.24. The molecule has 4 nitrogen and oxygen atoms in total. The number of carbonyl (C=O) groups excluding carboxylic acids is 1. The quantitative estimate of drug-likeness (QED) is 0.922. The van der Waals surface area contributed by atoms with Crippen LogP contribution in [0.15, 0.2) is 11.4 Å². The molecular weight excluding hydrogens is 282 g/mol. The molecule has 0 saturated carbocycles. The Hall–Kier alpha value is -1.62. The van der Waals surface area contributed by atoms with Gasteiger partial charge in [-0.1, -0.05) is 0 Å². The zero-order chi connectivity index (χ0) is 15.6. The van der Waals surface area contributed by atoms with E-state index < -0.39 is 0 Å². The number of hydrogen-bond acceptors (Lipinski definition) is 3. The zero-order valence-corrected chi connectivity index (χ0v) is 14.2. The van der Waals surface area contributed by atoms with Gasteiger partial charge in [0.05, 0.1) is 5.69 Å². The van der Waals surface area contributed by atoms with Crippen LogP contribution in [-0.4, -0.2) is 22.2 Å². The first-order chi connectivity index (χ1) is 9.90. The van der Waals surface area contributed by atoms with Crippen LogP contribution in [0.2, 0.25) is 0 Å². The first-order valence-corrected chi connectivity index (χ1v) is 8.12. The third-order valence-corrected chi connectivity index (χ3v) is 4.93. The standard InChI is InChI=1S/C16H23N3OS/c1-10-8-11(2)19(18-10)13(4)16(20)17-7-6-15-9-21-14(5)12(15)3/h8-9,13H,6-7H2,1-5H3,(H,17,20)/t13-/m0/s1. The van der Waals surface area contributed by atoms with Crippen LogP contribution in [0.3, 0.4) is 0 Å². The molecule has 0 aliphatic carbocycles. The van der Waals surface area contributed by atoms with Crippen molar-refractivity contribution in [2.45, 2.75) is 47.1 Å². The summed E-state index contributed by atoms with van der Waals surface area (Å²) in [7, 11) is 0. The van der Waals surface area contributed by atoms with Gasteiger partial charge in [-0.3, -0.25) is 9.48 Å². The Morgan fingerprint density at radius 1 is 1.38 bits per heavy atom. The molecule has 0 radical (unpaired) electrons. The SMILES string of the molecule is Cc1cc(C)n([C@@H](C)C(=O)NCCc2csc(C)c2C)n1. The average molecular weight is 305 g/mol. The van der Waals surface area contributed by atoms with Crippen LogP contribution in [-0.2, 0) is 11.2 Å². The van der Waals surface area contributed by atoms with E-state index in [2.05, 4.69) is 29.6 Å². The fourth-order valence-corrected chi connectivity index (χ4v) is 3.35. The van der Waals surface area contributed by atoms with Crippen molar-refractivity contribution >= 4 is 17.2 Å².